The van der Waals surface area contributed by atoms with Crippen molar-refractivity contribution in [3.63, 3.8) is 0 Å². The standard InChI is InChI=1S/C16H29N/c1-2-12-4-3-5-15(11-6-12)17-16(13-7-8-13)14-9-10-14/h12-17H,2-11H2,1H3. The third kappa shape index (κ3) is 3.24. The van der Waals surface area contributed by atoms with Crippen LogP contribution in [0.25, 0.3) is 0 Å². The molecule has 2 atom stereocenters. The zero-order chi connectivity index (χ0) is 11.7. The lowest BCUT2D eigenvalue weighted by molar-refractivity contribution is 0.335. The summed E-state index contributed by atoms with van der Waals surface area (Å²) in [5.74, 6) is 3.16. The van der Waals surface area contributed by atoms with E-state index in [-0.39, 0.29) is 0 Å². The summed E-state index contributed by atoms with van der Waals surface area (Å²) in [4.78, 5) is 0. The zero-order valence-corrected chi connectivity index (χ0v) is 11.5. The molecule has 17 heavy (non-hydrogen) atoms. The highest BCUT2D eigenvalue weighted by molar-refractivity contribution is 4.97. The second kappa shape index (κ2) is 5.30. The van der Waals surface area contributed by atoms with Crippen LogP contribution in [0.4, 0.5) is 0 Å². The van der Waals surface area contributed by atoms with Crippen molar-refractivity contribution in [3.05, 3.63) is 0 Å². The molecule has 0 radical (unpaired) electrons. The van der Waals surface area contributed by atoms with Crippen LogP contribution in [0, 0.1) is 17.8 Å². The van der Waals surface area contributed by atoms with Crippen LogP contribution >= 0.6 is 0 Å². The fourth-order valence-corrected chi connectivity index (χ4v) is 3.79. The normalized spacial score (nSPS) is 34.9. The summed E-state index contributed by atoms with van der Waals surface area (Å²) in [6, 6.07) is 1.77. The van der Waals surface area contributed by atoms with E-state index < -0.39 is 0 Å². The Morgan fingerprint density at radius 3 is 2.18 bits per heavy atom. The molecule has 3 rings (SSSR count). The van der Waals surface area contributed by atoms with E-state index in [0.29, 0.717) is 0 Å². The van der Waals surface area contributed by atoms with Crippen LogP contribution < -0.4 is 5.32 Å². The lowest BCUT2D eigenvalue weighted by atomic mass is 9.97. The van der Waals surface area contributed by atoms with Crippen molar-refractivity contribution in [2.24, 2.45) is 17.8 Å². The van der Waals surface area contributed by atoms with E-state index in [2.05, 4.69) is 12.2 Å². The van der Waals surface area contributed by atoms with Gasteiger partial charge in [-0.05, 0) is 62.7 Å². The molecule has 0 bridgehead atoms. The smallest absolute Gasteiger partial charge is 0.0126 e. The van der Waals surface area contributed by atoms with Crippen molar-refractivity contribution in [2.45, 2.75) is 83.2 Å². The molecular weight excluding hydrogens is 206 g/mol. The predicted molar refractivity (Wildman–Crippen MR) is 73.0 cm³/mol. The van der Waals surface area contributed by atoms with Crippen LogP contribution in [-0.4, -0.2) is 12.1 Å². The largest absolute Gasteiger partial charge is 0.311 e. The number of nitrogens with one attached hydrogen (secondary N) is 1. The van der Waals surface area contributed by atoms with E-state index in [4.69, 9.17) is 0 Å². The summed E-state index contributed by atoms with van der Waals surface area (Å²) in [5.41, 5.74) is 0. The van der Waals surface area contributed by atoms with Gasteiger partial charge in [0.25, 0.3) is 0 Å². The molecule has 2 unspecified atom stereocenters. The van der Waals surface area contributed by atoms with Gasteiger partial charge in [-0.2, -0.15) is 0 Å². The number of rotatable bonds is 5. The summed E-state index contributed by atoms with van der Waals surface area (Å²) >= 11 is 0. The molecule has 0 aromatic rings. The van der Waals surface area contributed by atoms with Gasteiger partial charge in [-0.15, -0.1) is 0 Å². The van der Waals surface area contributed by atoms with Gasteiger partial charge in [-0.25, -0.2) is 0 Å². The minimum absolute atomic E-state index is 0.859. The molecule has 0 aromatic heterocycles. The van der Waals surface area contributed by atoms with Crippen LogP contribution in [0.5, 0.6) is 0 Å². The molecule has 3 saturated carbocycles. The summed E-state index contributed by atoms with van der Waals surface area (Å²) in [6.07, 6.45) is 14.8. The fraction of sp³-hybridized carbons (Fsp3) is 1.00. The van der Waals surface area contributed by atoms with Gasteiger partial charge in [0, 0.05) is 12.1 Å². The lowest BCUT2D eigenvalue weighted by Gasteiger charge is -2.25. The average Bonchev–Trinajstić information content (AvgIpc) is 3.22. The molecule has 3 aliphatic carbocycles. The van der Waals surface area contributed by atoms with Crippen LogP contribution in [-0.2, 0) is 0 Å². The third-order valence-corrected chi connectivity index (χ3v) is 5.35. The van der Waals surface area contributed by atoms with E-state index in [1.807, 2.05) is 0 Å². The number of hydrogen-bond acceptors (Lipinski definition) is 1. The van der Waals surface area contributed by atoms with Crippen molar-refractivity contribution >= 4 is 0 Å². The molecule has 0 amide bonds. The van der Waals surface area contributed by atoms with Crippen molar-refractivity contribution in [3.8, 4) is 0 Å². The lowest BCUT2D eigenvalue weighted by Crippen LogP contribution is -2.41. The Labute approximate surface area is 107 Å². The first-order valence-corrected chi connectivity index (χ1v) is 8.13. The molecule has 3 aliphatic rings. The third-order valence-electron chi connectivity index (χ3n) is 5.35. The molecule has 0 saturated heterocycles. The topological polar surface area (TPSA) is 12.0 Å². The molecule has 0 heterocycles. The first-order valence-electron chi connectivity index (χ1n) is 8.13. The fourth-order valence-electron chi connectivity index (χ4n) is 3.79. The highest BCUT2D eigenvalue weighted by Gasteiger charge is 2.42. The minimum Gasteiger partial charge on any atom is -0.311 e. The maximum atomic E-state index is 4.06. The second-order valence-electron chi connectivity index (χ2n) is 6.85. The SMILES string of the molecule is CCC1CCCC(NC(C2CC2)C2CC2)CC1. The first-order chi connectivity index (χ1) is 8.36. The Morgan fingerprint density at radius 1 is 0.882 bits per heavy atom. The van der Waals surface area contributed by atoms with E-state index in [1.54, 1.807) is 0 Å². The zero-order valence-electron chi connectivity index (χ0n) is 11.5. The van der Waals surface area contributed by atoms with Crippen LogP contribution in [0.1, 0.15) is 71.1 Å². The highest BCUT2D eigenvalue weighted by Crippen LogP contribution is 2.45. The average molecular weight is 235 g/mol. The van der Waals surface area contributed by atoms with Gasteiger partial charge in [0.05, 0.1) is 0 Å². The molecule has 1 N–H and O–H groups in total. The molecule has 0 aliphatic heterocycles. The monoisotopic (exact) mass is 235 g/mol. The molecule has 3 fully saturated rings. The second-order valence-corrected chi connectivity index (χ2v) is 6.85. The van der Waals surface area contributed by atoms with E-state index >= 15 is 0 Å². The Balaban J connectivity index is 1.49. The summed E-state index contributed by atoms with van der Waals surface area (Å²) in [7, 11) is 0. The Kier molecular flexibility index (Phi) is 3.75. The highest BCUT2D eigenvalue weighted by atomic mass is 15.0. The van der Waals surface area contributed by atoms with Gasteiger partial charge in [0.1, 0.15) is 0 Å². The molecule has 0 aromatic carbocycles. The van der Waals surface area contributed by atoms with Crippen molar-refractivity contribution < 1.29 is 0 Å². The Hall–Kier alpha value is -0.0400. The van der Waals surface area contributed by atoms with Crippen molar-refractivity contribution in [2.75, 3.05) is 0 Å². The Morgan fingerprint density at radius 2 is 1.59 bits per heavy atom. The molecule has 1 heteroatoms. The van der Waals surface area contributed by atoms with E-state index in [0.717, 1.165) is 29.8 Å². The maximum absolute atomic E-state index is 4.06. The summed E-state index contributed by atoms with van der Waals surface area (Å²) < 4.78 is 0. The Bertz CT molecular complexity index is 230. The van der Waals surface area contributed by atoms with Gasteiger partial charge in [-0.3, -0.25) is 0 Å². The van der Waals surface area contributed by atoms with Crippen LogP contribution in [0.2, 0.25) is 0 Å². The van der Waals surface area contributed by atoms with Gasteiger partial charge in [0.2, 0.25) is 0 Å². The molecule has 98 valence electrons. The van der Waals surface area contributed by atoms with Crippen molar-refractivity contribution in [1.82, 2.24) is 5.32 Å². The van der Waals surface area contributed by atoms with E-state index in [9.17, 15) is 0 Å². The van der Waals surface area contributed by atoms with Crippen molar-refractivity contribution in [1.29, 1.82) is 0 Å². The maximum Gasteiger partial charge on any atom is 0.0126 e. The van der Waals surface area contributed by atoms with Gasteiger partial charge in [-0.1, -0.05) is 26.2 Å². The predicted octanol–water partition coefficient (Wildman–Crippen LogP) is 4.12. The number of hydrogen-bond donors (Lipinski definition) is 1. The van der Waals surface area contributed by atoms with Gasteiger partial charge >= 0.3 is 0 Å². The summed E-state index contributed by atoms with van der Waals surface area (Å²) in [5, 5.41) is 4.06. The molecular formula is C16H29N. The quantitative estimate of drug-likeness (QED) is 0.707. The van der Waals surface area contributed by atoms with Crippen LogP contribution in [0.15, 0.2) is 0 Å². The summed E-state index contributed by atoms with van der Waals surface area (Å²) in [6.45, 7) is 2.37. The van der Waals surface area contributed by atoms with Gasteiger partial charge < -0.3 is 5.32 Å². The van der Waals surface area contributed by atoms with Crippen LogP contribution in [0.3, 0.4) is 0 Å². The molecule has 1 nitrogen and oxygen atoms in total. The first kappa shape index (κ1) is 12.0. The molecule has 0 spiro atoms. The minimum atomic E-state index is 0.859. The van der Waals surface area contributed by atoms with E-state index in [1.165, 1.54) is 64.2 Å². The van der Waals surface area contributed by atoms with Gasteiger partial charge in [0.15, 0.2) is 0 Å².